The van der Waals surface area contributed by atoms with Gasteiger partial charge in [0.2, 0.25) is 5.91 Å². The van der Waals surface area contributed by atoms with Crippen molar-refractivity contribution in [2.45, 2.75) is 13.0 Å². The van der Waals surface area contributed by atoms with Crippen LogP contribution in [0.4, 0.5) is 11.4 Å². The van der Waals surface area contributed by atoms with Crippen LogP contribution in [-0.2, 0) is 11.3 Å². The minimum Gasteiger partial charge on any atom is -0.369 e. The van der Waals surface area contributed by atoms with Gasteiger partial charge in [0, 0.05) is 63.2 Å². The van der Waals surface area contributed by atoms with E-state index in [0.29, 0.717) is 13.0 Å². The summed E-state index contributed by atoms with van der Waals surface area (Å²) in [6, 6.07) is 12.3. The van der Waals surface area contributed by atoms with Gasteiger partial charge in [-0.15, -0.1) is 0 Å². The fourth-order valence-corrected chi connectivity index (χ4v) is 3.05. The number of carbonyl (C=O) groups is 1. The van der Waals surface area contributed by atoms with Crippen molar-refractivity contribution in [1.29, 1.82) is 0 Å². The monoisotopic (exact) mass is 369 g/mol. The Balaban J connectivity index is 1.38. The Kier molecular flexibility index (Phi) is 6.32. The second-order valence-electron chi connectivity index (χ2n) is 6.45. The van der Waals surface area contributed by atoms with Crippen LogP contribution >= 0.6 is 0 Å². The summed E-state index contributed by atoms with van der Waals surface area (Å²) in [5, 5.41) is 13.6. The predicted molar refractivity (Wildman–Crippen MR) is 102 cm³/mol. The highest BCUT2D eigenvalue weighted by Gasteiger charge is 2.18. The first-order valence-electron chi connectivity index (χ1n) is 9.00. The molecule has 0 aliphatic carbocycles. The number of hydrogen-bond acceptors (Lipinski definition) is 6. The molecule has 3 rings (SSSR count). The Morgan fingerprint density at radius 3 is 2.48 bits per heavy atom. The zero-order chi connectivity index (χ0) is 19.1. The average molecular weight is 369 g/mol. The van der Waals surface area contributed by atoms with Crippen molar-refractivity contribution in [1.82, 2.24) is 15.2 Å². The van der Waals surface area contributed by atoms with E-state index in [4.69, 9.17) is 0 Å². The van der Waals surface area contributed by atoms with E-state index in [1.807, 2.05) is 18.2 Å². The van der Waals surface area contributed by atoms with E-state index in [0.717, 1.165) is 44.1 Å². The number of hydrogen-bond donors (Lipinski definition) is 1. The van der Waals surface area contributed by atoms with E-state index in [9.17, 15) is 14.9 Å². The molecule has 2 heterocycles. The number of pyridine rings is 1. The summed E-state index contributed by atoms with van der Waals surface area (Å²) < 4.78 is 0. The molecular formula is C19H23N5O3. The lowest BCUT2D eigenvalue weighted by molar-refractivity contribution is -0.384. The fourth-order valence-electron chi connectivity index (χ4n) is 3.05. The van der Waals surface area contributed by atoms with E-state index in [2.05, 4.69) is 20.1 Å². The Hall–Kier alpha value is -3.00. The van der Waals surface area contributed by atoms with Gasteiger partial charge in [-0.25, -0.2) is 0 Å². The molecule has 1 aliphatic heterocycles. The largest absolute Gasteiger partial charge is 0.369 e. The van der Waals surface area contributed by atoms with Gasteiger partial charge in [0.25, 0.3) is 5.69 Å². The van der Waals surface area contributed by atoms with Crippen molar-refractivity contribution in [2.24, 2.45) is 0 Å². The molecule has 142 valence electrons. The van der Waals surface area contributed by atoms with Crippen LogP contribution in [0.15, 0.2) is 48.7 Å². The van der Waals surface area contributed by atoms with Crippen molar-refractivity contribution in [3.63, 3.8) is 0 Å². The number of nitro groups is 1. The number of piperazine rings is 1. The van der Waals surface area contributed by atoms with Gasteiger partial charge in [0.1, 0.15) is 0 Å². The third-order valence-electron chi connectivity index (χ3n) is 4.65. The molecule has 0 atom stereocenters. The zero-order valence-corrected chi connectivity index (χ0v) is 15.1. The molecule has 0 unspecified atom stereocenters. The van der Waals surface area contributed by atoms with Gasteiger partial charge < -0.3 is 10.2 Å². The number of nitrogens with one attached hydrogen (secondary N) is 1. The van der Waals surface area contributed by atoms with Gasteiger partial charge in [-0.2, -0.15) is 0 Å². The normalized spacial score (nSPS) is 14.7. The van der Waals surface area contributed by atoms with Crippen LogP contribution in [0.2, 0.25) is 0 Å². The lowest BCUT2D eigenvalue weighted by Gasteiger charge is -2.36. The molecule has 1 fully saturated rings. The highest BCUT2D eigenvalue weighted by molar-refractivity contribution is 5.76. The quantitative estimate of drug-likeness (QED) is 0.591. The number of carbonyl (C=O) groups excluding carboxylic acids is 1. The van der Waals surface area contributed by atoms with E-state index in [1.54, 1.807) is 18.3 Å². The Morgan fingerprint density at radius 2 is 1.85 bits per heavy atom. The highest BCUT2D eigenvalue weighted by atomic mass is 16.6. The number of amides is 1. The van der Waals surface area contributed by atoms with E-state index < -0.39 is 0 Å². The molecule has 1 aliphatic rings. The molecule has 2 aromatic rings. The van der Waals surface area contributed by atoms with Gasteiger partial charge in [-0.05, 0) is 24.3 Å². The minimum atomic E-state index is -0.388. The number of benzene rings is 1. The van der Waals surface area contributed by atoms with Gasteiger partial charge >= 0.3 is 0 Å². The van der Waals surface area contributed by atoms with Crippen molar-refractivity contribution < 1.29 is 9.72 Å². The molecule has 27 heavy (non-hydrogen) atoms. The van der Waals surface area contributed by atoms with Crippen LogP contribution < -0.4 is 10.2 Å². The molecule has 1 aromatic heterocycles. The van der Waals surface area contributed by atoms with Crippen molar-refractivity contribution in [3.05, 3.63) is 64.5 Å². The SMILES string of the molecule is O=C(CCN1CCN(c2ccc([N+](=O)[O-])cc2)CC1)NCc1ccccn1. The maximum Gasteiger partial charge on any atom is 0.269 e. The van der Waals surface area contributed by atoms with E-state index in [-0.39, 0.29) is 16.5 Å². The first-order chi connectivity index (χ1) is 13.1. The minimum absolute atomic E-state index is 0.0263. The maximum atomic E-state index is 12.0. The number of nitro benzene ring substituents is 1. The predicted octanol–water partition coefficient (Wildman–Crippen LogP) is 1.82. The average Bonchev–Trinajstić information content (AvgIpc) is 2.72. The Morgan fingerprint density at radius 1 is 1.11 bits per heavy atom. The van der Waals surface area contributed by atoms with Crippen molar-refractivity contribution in [3.8, 4) is 0 Å². The number of non-ortho nitro benzene ring substituents is 1. The maximum absolute atomic E-state index is 12.0. The van der Waals surface area contributed by atoms with Crippen LogP contribution in [0, 0.1) is 10.1 Å². The number of aromatic nitrogens is 1. The highest BCUT2D eigenvalue weighted by Crippen LogP contribution is 2.20. The van der Waals surface area contributed by atoms with Gasteiger partial charge in [0.05, 0.1) is 17.2 Å². The molecule has 0 bridgehead atoms. The second-order valence-corrected chi connectivity index (χ2v) is 6.45. The third-order valence-corrected chi connectivity index (χ3v) is 4.65. The van der Waals surface area contributed by atoms with Gasteiger partial charge in [0.15, 0.2) is 0 Å². The number of nitrogens with zero attached hydrogens (tertiary/aromatic N) is 4. The van der Waals surface area contributed by atoms with E-state index >= 15 is 0 Å². The molecule has 0 spiro atoms. The van der Waals surface area contributed by atoms with Crippen molar-refractivity contribution in [2.75, 3.05) is 37.6 Å². The first-order valence-corrected chi connectivity index (χ1v) is 9.00. The number of rotatable bonds is 7. The molecule has 8 heteroatoms. The van der Waals surface area contributed by atoms with Gasteiger partial charge in [-0.3, -0.25) is 24.8 Å². The zero-order valence-electron chi connectivity index (χ0n) is 15.1. The number of anilines is 1. The molecular weight excluding hydrogens is 346 g/mol. The van der Waals surface area contributed by atoms with Crippen LogP contribution in [0.25, 0.3) is 0 Å². The van der Waals surface area contributed by atoms with Crippen LogP contribution in [0.3, 0.4) is 0 Å². The van der Waals surface area contributed by atoms with Gasteiger partial charge in [-0.1, -0.05) is 6.07 Å². The molecule has 8 nitrogen and oxygen atoms in total. The summed E-state index contributed by atoms with van der Waals surface area (Å²) in [6.07, 6.45) is 2.18. The first kappa shape index (κ1) is 18.8. The summed E-state index contributed by atoms with van der Waals surface area (Å²) in [7, 11) is 0. The summed E-state index contributed by atoms with van der Waals surface area (Å²) in [6.45, 7) is 4.59. The molecule has 1 saturated heterocycles. The molecule has 1 amide bonds. The third kappa shape index (κ3) is 5.49. The lowest BCUT2D eigenvalue weighted by atomic mass is 10.2. The van der Waals surface area contributed by atoms with Crippen molar-refractivity contribution >= 4 is 17.3 Å². The fraction of sp³-hybridized carbons (Fsp3) is 0.368. The lowest BCUT2D eigenvalue weighted by Crippen LogP contribution is -2.47. The Labute approximate surface area is 158 Å². The van der Waals surface area contributed by atoms with Crippen LogP contribution in [0.5, 0.6) is 0 Å². The smallest absolute Gasteiger partial charge is 0.269 e. The second kappa shape index (κ2) is 9.09. The Bertz CT molecular complexity index is 759. The summed E-state index contributed by atoms with van der Waals surface area (Å²) >= 11 is 0. The summed E-state index contributed by atoms with van der Waals surface area (Å²) in [5.74, 6) is 0.0263. The standard InChI is InChI=1S/C19H23N5O3/c25-19(21-15-16-3-1-2-9-20-16)8-10-22-11-13-23(14-12-22)17-4-6-18(7-5-17)24(26)27/h1-7,9H,8,10-15H2,(H,21,25). The van der Waals surface area contributed by atoms with Crippen LogP contribution in [-0.4, -0.2) is 53.4 Å². The molecule has 1 N–H and O–H groups in total. The molecule has 0 radical (unpaired) electrons. The molecule has 1 aromatic carbocycles. The van der Waals surface area contributed by atoms with E-state index in [1.165, 1.54) is 12.1 Å². The summed E-state index contributed by atoms with van der Waals surface area (Å²) in [4.78, 5) is 31.0. The topological polar surface area (TPSA) is 91.6 Å². The van der Waals surface area contributed by atoms with Crippen LogP contribution in [0.1, 0.15) is 12.1 Å². The molecule has 0 saturated carbocycles. The summed E-state index contributed by atoms with van der Waals surface area (Å²) in [5.41, 5.74) is 1.95.